The number of aliphatic hydroxyl groups is 1. The summed E-state index contributed by atoms with van der Waals surface area (Å²) in [4.78, 5) is 5.29. The lowest BCUT2D eigenvalue weighted by atomic mass is 9.73. The van der Waals surface area contributed by atoms with Crippen LogP contribution in [0.15, 0.2) is 46.0 Å². The molecule has 4 saturated heterocycles. The minimum absolute atomic E-state index is 0.158. The van der Waals surface area contributed by atoms with Crippen LogP contribution in [0.1, 0.15) is 102 Å². The predicted octanol–water partition coefficient (Wildman–Crippen LogP) is 7.26. The van der Waals surface area contributed by atoms with Crippen LogP contribution in [-0.2, 0) is 0 Å². The Bertz CT molecular complexity index is 1030. The molecule has 9 unspecified atom stereocenters. The van der Waals surface area contributed by atoms with E-state index in [1.807, 2.05) is 30.6 Å². The Morgan fingerprint density at radius 1 is 0.865 bits per heavy atom. The molecule has 5 nitrogen and oxygen atoms in total. The fourth-order valence-electron chi connectivity index (χ4n) is 8.21. The normalized spacial score (nSPS) is 43.3. The maximum atomic E-state index is 12.0. The van der Waals surface area contributed by atoms with Crippen molar-refractivity contribution in [1.82, 2.24) is 9.80 Å². The standard InChI is InChI=1S/C31H46N2O3S/c1-21-5-7-27(23-11-15-35-17-23)32-19-30(3,13-9-25(21)32)20-37-31(4)14-10-26-22(2)6-8-28(33(26)29(31)34)24-12-16-36-18-24/h11-12,15-18,21-22,25-29,34H,5-10,13-14,19-20H2,1-4H3. The summed E-state index contributed by atoms with van der Waals surface area (Å²) in [5, 5.41) is 12.0. The highest BCUT2D eigenvalue weighted by Crippen LogP contribution is 2.52. The number of furan rings is 2. The van der Waals surface area contributed by atoms with Gasteiger partial charge in [0.15, 0.2) is 0 Å². The molecule has 6 heteroatoms. The molecule has 2 aromatic heterocycles. The summed E-state index contributed by atoms with van der Waals surface area (Å²) in [7, 11) is 0. The third-order valence-electron chi connectivity index (χ3n) is 10.7. The van der Waals surface area contributed by atoms with E-state index in [4.69, 9.17) is 8.83 Å². The average Bonchev–Trinajstić information content (AvgIpc) is 3.61. The summed E-state index contributed by atoms with van der Waals surface area (Å²) in [6.07, 6.45) is 16.7. The van der Waals surface area contributed by atoms with Crippen LogP contribution in [0.3, 0.4) is 0 Å². The number of piperidine rings is 4. The monoisotopic (exact) mass is 526 g/mol. The Balaban J connectivity index is 1.18. The van der Waals surface area contributed by atoms with Gasteiger partial charge < -0.3 is 13.9 Å². The van der Waals surface area contributed by atoms with E-state index in [0.717, 1.165) is 31.1 Å². The topological polar surface area (TPSA) is 53.0 Å². The van der Waals surface area contributed by atoms with E-state index in [-0.39, 0.29) is 16.2 Å². The Hall–Kier alpha value is -1.21. The molecule has 9 atom stereocenters. The molecule has 2 aromatic rings. The van der Waals surface area contributed by atoms with Crippen LogP contribution < -0.4 is 0 Å². The molecule has 0 bridgehead atoms. The maximum Gasteiger partial charge on any atom is 0.122 e. The van der Waals surface area contributed by atoms with Crippen LogP contribution in [-0.4, -0.2) is 50.3 Å². The van der Waals surface area contributed by atoms with Gasteiger partial charge >= 0.3 is 0 Å². The lowest BCUT2D eigenvalue weighted by Crippen LogP contribution is -2.62. The second-order valence-electron chi connectivity index (χ2n) is 13.4. The molecule has 37 heavy (non-hydrogen) atoms. The molecule has 4 aliphatic heterocycles. The lowest BCUT2D eigenvalue weighted by molar-refractivity contribution is -0.132. The summed E-state index contributed by atoms with van der Waals surface area (Å²) in [6.45, 7) is 10.8. The van der Waals surface area contributed by atoms with Gasteiger partial charge in [-0.1, -0.05) is 20.8 Å². The van der Waals surface area contributed by atoms with E-state index >= 15 is 0 Å². The van der Waals surface area contributed by atoms with Crippen molar-refractivity contribution in [1.29, 1.82) is 0 Å². The smallest absolute Gasteiger partial charge is 0.122 e. The van der Waals surface area contributed by atoms with Gasteiger partial charge in [-0.3, -0.25) is 9.80 Å². The van der Waals surface area contributed by atoms with Crippen LogP contribution in [0.5, 0.6) is 0 Å². The van der Waals surface area contributed by atoms with Gasteiger partial charge in [0.1, 0.15) is 6.23 Å². The van der Waals surface area contributed by atoms with E-state index in [2.05, 4.69) is 49.6 Å². The zero-order valence-electron chi connectivity index (χ0n) is 23.1. The molecule has 0 spiro atoms. The Labute approximate surface area is 227 Å². The van der Waals surface area contributed by atoms with Crippen molar-refractivity contribution in [2.24, 2.45) is 17.3 Å². The van der Waals surface area contributed by atoms with Gasteiger partial charge in [0.2, 0.25) is 0 Å². The fraction of sp³-hybridized carbons (Fsp3) is 0.742. The summed E-state index contributed by atoms with van der Waals surface area (Å²) in [5.74, 6) is 2.48. The Morgan fingerprint density at radius 2 is 1.49 bits per heavy atom. The van der Waals surface area contributed by atoms with Gasteiger partial charge in [-0.25, -0.2) is 0 Å². The van der Waals surface area contributed by atoms with Crippen LogP contribution in [0.4, 0.5) is 0 Å². The van der Waals surface area contributed by atoms with Crippen molar-refractivity contribution in [3.05, 3.63) is 48.3 Å². The number of thioether (sulfide) groups is 1. The molecule has 0 aromatic carbocycles. The molecule has 1 N–H and O–H groups in total. The molecule has 0 saturated carbocycles. The van der Waals surface area contributed by atoms with Crippen LogP contribution in [0.25, 0.3) is 0 Å². The Kier molecular flexibility index (Phi) is 7.09. The van der Waals surface area contributed by atoms with Crippen molar-refractivity contribution >= 4 is 11.8 Å². The molecular formula is C31H46N2O3S. The highest BCUT2D eigenvalue weighted by atomic mass is 32.2. The number of aliphatic hydroxyl groups excluding tert-OH is 1. The molecule has 0 aliphatic carbocycles. The summed E-state index contributed by atoms with van der Waals surface area (Å²) >= 11 is 2.05. The second kappa shape index (κ2) is 10.1. The minimum atomic E-state index is -0.437. The van der Waals surface area contributed by atoms with Crippen LogP contribution in [0.2, 0.25) is 0 Å². The average molecular weight is 527 g/mol. The van der Waals surface area contributed by atoms with E-state index in [1.54, 1.807) is 6.26 Å². The third kappa shape index (κ3) is 4.74. The van der Waals surface area contributed by atoms with Crippen LogP contribution >= 0.6 is 11.8 Å². The van der Waals surface area contributed by atoms with E-state index < -0.39 is 6.23 Å². The van der Waals surface area contributed by atoms with Gasteiger partial charge in [-0.2, -0.15) is 11.8 Å². The van der Waals surface area contributed by atoms with Gasteiger partial charge in [0.25, 0.3) is 0 Å². The van der Waals surface area contributed by atoms with E-state index in [0.29, 0.717) is 24.0 Å². The molecule has 4 aliphatic rings. The summed E-state index contributed by atoms with van der Waals surface area (Å²) < 4.78 is 10.8. The second-order valence-corrected chi connectivity index (χ2v) is 14.9. The van der Waals surface area contributed by atoms with Crippen molar-refractivity contribution < 1.29 is 13.9 Å². The highest BCUT2D eigenvalue weighted by molar-refractivity contribution is 8.00. The number of fused-ring (bicyclic) bond motifs is 2. The van der Waals surface area contributed by atoms with Crippen molar-refractivity contribution in [3.8, 4) is 0 Å². The SMILES string of the molecule is CC1CCC(c2ccoc2)N2CC(C)(CSC3(C)CCC4C(C)CCC(c5ccoc5)N4C3O)CCC12. The Morgan fingerprint density at radius 3 is 2.16 bits per heavy atom. The van der Waals surface area contributed by atoms with Crippen molar-refractivity contribution in [2.45, 2.75) is 114 Å². The molecular weight excluding hydrogens is 480 g/mol. The zero-order chi connectivity index (χ0) is 25.8. The summed E-state index contributed by atoms with van der Waals surface area (Å²) in [6, 6.07) is 6.13. The van der Waals surface area contributed by atoms with Crippen molar-refractivity contribution in [3.63, 3.8) is 0 Å². The predicted molar refractivity (Wildman–Crippen MR) is 149 cm³/mol. The van der Waals surface area contributed by atoms with E-state index in [1.165, 1.54) is 49.7 Å². The van der Waals surface area contributed by atoms with Gasteiger partial charge in [-0.05, 0) is 87.7 Å². The molecule has 0 amide bonds. The van der Waals surface area contributed by atoms with Gasteiger partial charge in [0, 0.05) is 47.6 Å². The highest BCUT2D eigenvalue weighted by Gasteiger charge is 2.52. The molecule has 6 heterocycles. The first kappa shape index (κ1) is 26.0. The largest absolute Gasteiger partial charge is 0.472 e. The first-order valence-electron chi connectivity index (χ1n) is 14.7. The van der Waals surface area contributed by atoms with Gasteiger partial charge in [0.05, 0.1) is 29.8 Å². The van der Waals surface area contributed by atoms with Crippen LogP contribution in [0, 0.1) is 17.3 Å². The maximum absolute atomic E-state index is 12.0. The molecule has 6 rings (SSSR count). The van der Waals surface area contributed by atoms with Gasteiger partial charge in [-0.15, -0.1) is 0 Å². The fourth-order valence-corrected chi connectivity index (χ4v) is 9.66. The van der Waals surface area contributed by atoms with E-state index in [9.17, 15) is 5.11 Å². The number of hydrogen-bond donors (Lipinski definition) is 1. The summed E-state index contributed by atoms with van der Waals surface area (Å²) in [5.41, 5.74) is 2.82. The minimum Gasteiger partial charge on any atom is -0.472 e. The number of nitrogens with zero attached hydrogens (tertiary/aromatic N) is 2. The molecule has 4 fully saturated rings. The zero-order valence-corrected chi connectivity index (χ0v) is 24.0. The first-order chi connectivity index (χ1) is 17.8. The molecule has 0 radical (unpaired) electrons. The number of rotatable bonds is 5. The van der Waals surface area contributed by atoms with Crippen molar-refractivity contribution in [2.75, 3.05) is 12.3 Å². The first-order valence-corrected chi connectivity index (χ1v) is 15.7. The molecule has 204 valence electrons. The quantitative estimate of drug-likeness (QED) is 0.442. The number of hydrogen-bond acceptors (Lipinski definition) is 6. The lowest BCUT2D eigenvalue weighted by Gasteiger charge is -2.57. The third-order valence-corrected chi connectivity index (χ3v) is 12.6.